The molecule has 27 heavy (non-hydrogen) atoms. The maximum atomic E-state index is 13.5. The van der Waals surface area contributed by atoms with Crippen molar-refractivity contribution in [2.45, 2.75) is 6.18 Å². The van der Waals surface area contributed by atoms with Crippen molar-refractivity contribution in [3.05, 3.63) is 65.0 Å². The molecule has 12 heteroatoms. The van der Waals surface area contributed by atoms with Crippen LogP contribution in [-0.4, -0.2) is 25.7 Å². The lowest BCUT2D eigenvalue weighted by atomic mass is 10.2. The first-order valence-corrected chi connectivity index (χ1v) is 7.44. The van der Waals surface area contributed by atoms with E-state index in [2.05, 4.69) is 20.4 Å². The van der Waals surface area contributed by atoms with Gasteiger partial charge in [0.1, 0.15) is 0 Å². The van der Waals surface area contributed by atoms with E-state index in [0.717, 1.165) is 18.5 Å². The quantitative estimate of drug-likeness (QED) is 0.532. The van der Waals surface area contributed by atoms with Gasteiger partial charge in [-0.2, -0.15) is 18.3 Å². The summed E-state index contributed by atoms with van der Waals surface area (Å²) in [6.45, 7) is 0. The predicted octanol–water partition coefficient (Wildman–Crippen LogP) is 3.87. The van der Waals surface area contributed by atoms with Crippen molar-refractivity contribution in [3.8, 4) is 5.69 Å². The zero-order valence-electron chi connectivity index (χ0n) is 12.9. The maximum Gasteiger partial charge on any atom is 0.434 e. The summed E-state index contributed by atoms with van der Waals surface area (Å²) in [6.07, 6.45) is -2.15. The van der Waals surface area contributed by atoms with Crippen molar-refractivity contribution in [2.24, 2.45) is 0 Å². The van der Waals surface area contributed by atoms with Crippen molar-refractivity contribution in [3.63, 3.8) is 0 Å². The topological polar surface area (TPSA) is 72.7 Å². The molecule has 0 radical (unpaired) electrons. The highest BCUT2D eigenvalue weighted by atomic mass is 35.5. The summed E-state index contributed by atoms with van der Waals surface area (Å²) >= 11 is 5.49. The number of rotatable bonds is 3. The van der Waals surface area contributed by atoms with Gasteiger partial charge in [0.15, 0.2) is 17.3 Å². The number of aromatic nitrogens is 4. The van der Waals surface area contributed by atoms with Crippen molar-refractivity contribution in [1.82, 2.24) is 19.7 Å². The van der Waals surface area contributed by atoms with Crippen LogP contribution in [0.15, 0.2) is 36.8 Å². The van der Waals surface area contributed by atoms with Crippen molar-refractivity contribution >= 4 is 23.2 Å². The highest BCUT2D eigenvalue weighted by molar-refractivity contribution is 6.28. The molecule has 1 amide bonds. The molecule has 0 saturated carbocycles. The number of hydrogen-bond acceptors (Lipinski definition) is 4. The molecule has 3 aromatic rings. The minimum Gasteiger partial charge on any atom is -0.319 e. The Morgan fingerprint density at radius 1 is 1.07 bits per heavy atom. The summed E-state index contributed by atoms with van der Waals surface area (Å²) in [4.78, 5) is 19.4. The molecule has 3 rings (SSSR count). The van der Waals surface area contributed by atoms with Gasteiger partial charge in [-0.25, -0.2) is 23.4 Å². The van der Waals surface area contributed by atoms with E-state index in [1.54, 1.807) is 0 Å². The summed E-state index contributed by atoms with van der Waals surface area (Å²) in [5.74, 6) is -3.75. The first-order chi connectivity index (χ1) is 12.7. The molecule has 0 aliphatic rings. The fourth-order valence-electron chi connectivity index (χ4n) is 2.18. The molecule has 0 unspecified atom stereocenters. The number of benzene rings is 1. The van der Waals surface area contributed by atoms with Crippen LogP contribution in [0.25, 0.3) is 5.69 Å². The summed E-state index contributed by atoms with van der Waals surface area (Å²) in [5, 5.41) is 5.55. The van der Waals surface area contributed by atoms with E-state index in [4.69, 9.17) is 11.6 Å². The smallest absolute Gasteiger partial charge is 0.319 e. The Kier molecular flexibility index (Phi) is 4.79. The van der Waals surface area contributed by atoms with Crippen LogP contribution in [0.3, 0.4) is 0 Å². The minimum absolute atomic E-state index is 0.00176. The summed E-state index contributed by atoms with van der Waals surface area (Å²) < 4.78 is 67.2. The molecule has 0 saturated heterocycles. The lowest BCUT2D eigenvalue weighted by Gasteiger charge is -2.13. The molecule has 1 N–H and O–H groups in total. The van der Waals surface area contributed by atoms with Gasteiger partial charge in [0, 0.05) is 6.07 Å². The van der Waals surface area contributed by atoms with Gasteiger partial charge in [-0.1, -0.05) is 0 Å². The van der Waals surface area contributed by atoms with Crippen LogP contribution in [0.4, 0.5) is 27.6 Å². The van der Waals surface area contributed by atoms with Gasteiger partial charge in [0.05, 0.1) is 35.5 Å². The number of anilines is 1. The zero-order chi connectivity index (χ0) is 19.8. The molecule has 0 spiro atoms. The van der Waals surface area contributed by atoms with E-state index in [-0.39, 0.29) is 11.0 Å². The van der Waals surface area contributed by atoms with E-state index in [1.807, 2.05) is 0 Å². The molecule has 0 aliphatic heterocycles. The second-order valence-corrected chi connectivity index (χ2v) is 5.45. The number of nitrogens with one attached hydrogen (secondary N) is 1. The van der Waals surface area contributed by atoms with Crippen molar-refractivity contribution < 1.29 is 26.7 Å². The van der Waals surface area contributed by atoms with Crippen LogP contribution in [-0.2, 0) is 6.18 Å². The maximum absolute atomic E-state index is 13.5. The van der Waals surface area contributed by atoms with Crippen LogP contribution >= 0.6 is 11.6 Å². The summed E-state index contributed by atoms with van der Waals surface area (Å²) in [7, 11) is 0. The Hall–Kier alpha value is -3.08. The van der Waals surface area contributed by atoms with Gasteiger partial charge in [-0.15, -0.1) is 0 Å². The normalized spacial score (nSPS) is 11.5. The number of halogens is 6. The Balaban J connectivity index is 2.03. The van der Waals surface area contributed by atoms with Gasteiger partial charge < -0.3 is 5.32 Å². The van der Waals surface area contributed by atoms with Crippen LogP contribution in [0.5, 0.6) is 0 Å². The highest BCUT2D eigenvalue weighted by Crippen LogP contribution is 2.34. The fourth-order valence-corrected chi connectivity index (χ4v) is 2.27. The number of alkyl halides is 3. The standard InChI is InChI=1S/C15H7ClF5N5O/c16-14-22-4-7(5-23-14)25-13(27)9-6-24-26(12(9)15(19,20)21)8-1-2-10(17)11(18)3-8/h1-6H,(H,25,27). The monoisotopic (exact) mass is 403 g/mol. The Morgan fingerprint density at radius 2 is 1.74 bits per heavy atom. The zero-order valence-corrected chi connectivity index (χ0v) is 13.7. The van der Waals surface area contributed by atoms with Gasteiger partial charge in [-0.05, 0) is 23.7 Å². The van der Waals surface area contributed by atoms with Gasteiger partial charge >= 0.3 is 6.18 Å². The first kappa shape index (κ1) is 18.7. The largest absolute Gasteiger partial charge is 0.434 e. The van der Waals surface area contributed by atoms with Crippen LogP contribution in [0, 0.1) is 11.6 Å². The SMILES string of the molecule is O=C(Nc1cnc(Cl)nc1)c1cnn(-c2ccc(F)c(F)c2)c1C(F)(F)F. The van der Waals surface area contributed by atoms with Crippen LogP contribution in [0.2, 0.25) is 5.28 Å². The van der Waals surface area contributed by atoms with Crippen molar-refractivity contribution in [2.75, 3.05) is 5.32 Å². The molecule has 6 nitrogen and oxygen atoms in total. The Labute approximate surface area is 152 Å². The lowest BCUT2D eigenvalue weighted by Crippen LogP contribution is -2.21. The number of carbonyl (C=O) groups is 1. The van der Waals surface area contributed by atoms with Crippen LogP contribution < -0.4 is 5.32 Å². The number of hydrogen-bond donors (Lipinski definition) is 1. The first-order valence-electron chi connectivity index (χ1n) is 7.06. The summed E-state index contributed by atoms with van der Waals surface area (Å²) in [6, 6.07) is 2.08. The predicted molar refractivity (Wildman–Crippen MR) is 83.5 cm³/mol. The lowest BCUT2D eigenvalue weighted by molar-refractivity contribution is -0.143. The molecule has 2 heterocycles. The molecule has 0 atom stereocenters. The molecule has 0 bridgehead atoms. The third-order valence-corrected chi connectivity index (χ3v) is 3.50. The number of nitrogens with zero attached hydrogens (tertiary/aromatic N) is 4. The highest BCUT2D eigenvalue weighted by Gasteiger charge is 2.40. The van der Waals surface area contributed by atoms with E-state index >= 15 is 0 Å². The van der Waals surface area contributed by atoms with E-state index in [0.29, 0.717) is 23.0 Å². The molecular weight excluding hydrogens is 397 g/mol. The van der Waals surface area contributed by atoms with E-state index in [1.165, 1.54) is 0 Å². The molecular formula is C15H7ClF5N5O. The van der Waals surface area contributed by atoms with E-state index in [9.17, 15) is 26.7 Å². The second-order valence-electron chi connectivity index (χ2n) is 5.11. The molecule has 1 aromatic carbocycles. The molecule has 140 valence electrons. The van der Waals surface area contributed by atoms with Gasteiger partial charge in [-0.3, -0.25) is 4.79 Å². The Bertz CT molecular complexity index is 1000. The third-order valence-electron chi connectivity index (χ3n) is 3.31. The third kappa shape index (κ3) is 3.87. The summed E-state index contributed by atoms with van der Waals surface area (Å²) in [5.41, 5.74) is -2.70. The fraction of sp³-hybridized carbons (Fsp3) is 0.0667. The average molecular weight is 404 g/mol. The molecule has 0 fully saturated rings. The average Bonchev–Trinajstić information content (AvgIpc) is 3.05. The second kappa shape index (κ2) is 6.91. The Morgan fingerprint density at radius 3 is 2.33 bits per heavy atom. The molecule has 2 aromatic heterocycles. The number of amides is 1. The van der Waals surface area contributed by atoms with E-state index < -0.39 is 40.7 Å². The van der Waals surface area contributed by atoms with Gasteiger partial charge in [0.2, 0.25) is 5.28 Å². The minimum atomic E-state index is -5.01. The van der Waals surface area contributed by atoms with Crippen molar-refractivity contribution in [1.29, 1.82) is 0 Å². The van der Waals surface area contributed by atoms with Gasteiger partial charge in [0.25, 0.3) is 5.91 Å². The number of carbonyl (C=O) groups excluding carboxylic acids is 1. The van der Waals surface area contributed by atoms with Crippen LogP contribution in [0.1, 0.15) is 16.1 Å². The molecule has 0 aliphatic carbocycles.